The summed E-state index contributed by atoms with van der Waals surface area (Å²) in [6, 6.07) is 51.5. The summed E-state index contributed by atoms with van der Waals surface area (Å²) in [4.78, 5) is 18.3. The van der Waals surface area contributed by atoms with Gasteiger partial charge in [0.05, 0.1) is 28.3 Å². The number of rotatable bonds is 1. The first kappa shape index (κ1) is 27.7. The second-order valence-corrected chi connectivity index (χ2v) is 12.0. The number of fused-ring (bicyclic) bond motifs is 20. The van der Waals surface area contributed by atoms with Crippen LogP contribution in [0, 0.1) is 0 Å². The van der Waals surface area contributed by atoms with Gasteiger partial charge in [0, 0.05) is 87.0 Å². The van der Waals surface area contributed by atoms with E-state index in [1.165, 1.54) is 0 Å². The minimum absolute atomic E-state index is 0. The maximum Gasteiger partial charge on any atom is 0.0815 e. The molecule has 0 saturated heterocycles. The zero-order valence-corrected chi connectivity index (χ0v) is 27.3. The van der Waals surface area contributed by atoms with Crippen molar-refractivity contribution in [3.63, 3.8) is 0 Å². The van der Waals surface area contributed by atoms with Crippen molar-refractivity contribution in [2.45, 2.75) is 0 Å². The minimum Gasteiger partial charge on any atom is -0.354 e. The summed E-state index contributed by atoms with van der Waals surface area (Å²) >= 11 is 0. The molecular formula is C42H26N4Pt. The van der Waals surface area contributed by atoms with E-state index in [4.69, 9.17) is 9.97 Å². The van der Waals surface area contributed by atoms with Crippen LogP contribution >= 0.6 is 0 Å². The van der Waals surface area contributed by atoms with Crippen LogP contribution in [-0.4, -0.2) is 19.9 Å². The van der Waals surface area contributed by atoms with E-state index in [2.05, 4.69) is 156 Å². The molecule has 8 bridgehead atoms. The third-order valence-corrected chi connectivity index (χ3v) is 9.33. The molecule has 0 atom stereocenters. The minimum atomic E-state index is 0. The van der Waals surface area contributed by atoms with Crippen LogP contribution in [0.25, 0.3) is 99.8 Å². The van der Waals surface area contributed by atoms with Crippen molar-refractivity contribution in [3.8, 4) is 56.2 Å². The van der Waals surface area contributed by atoms with E-state index in [1.807, 2.05) is 0 Å². The molecule has 2 aliphatic heterocycles. The number of H-pyrrole nitrogens is 2. The van der Waals surface area contributed by atoms with E-state index in [-0.39, 0.29) is 21.1 Å². The Balaban J connectivity index is 0.00000302. The van der Waals surface area contributed by atoms with Crippen LogP contribution in [0.4, 0.5) is 0 Å². The number of nitrogens with one attached hydrogen (secondary N) is 2. The Kier molecular flexibility index (Phi) is 6.34. The third-order valence-electron chi connectivity index (χ3n) is 9.33. The van der Waals surface area contributed by atoms with Crippen molar-refractivity contribution >= 4 is 43.6 Å². The smallest absolute Gasteiger partial charge is 0.0815 e. The summed E-state index contributed by atoms with van der Waals surface area (Å²) in [6.45, 7) is 0. The predicted molar refractivity (Wildman–Crippen MR) is 190 cm³/mol. The maximum absolute atomic E-state index is 5.45. The molecule has 224 valence electrons. The van der Waals surface area contributed by atoms with Crippen molar-refractivity contribution in [2.75, 3.05) is 0 Å². The molecule has 47 heavy (non-hydrogen) atoms. The zero-order chi connectivity index (χ0) is 30.2. The fourth-order valence-electron chi connectivity index (χ4n) is 7.25. The molecule has 4 nitrogen and oxygen atoms in total. The predicted octanol–water partition coefficient (Wildman–Crippen LogP) is 11.0. The Morgan fingerprint density at radius 3 is 1.40 bits per heavy atom. The van der Waals surface area contributed by atoms with E-state index < -0.39 is 0 Å². The molecule has 0 radical (unpaired) electrons. The van der Waals surface area contributed by atoms with E-state index in [0.717, 1.165) is 99.8 Å². The molecule has 0 aliphatic carbocycles. The van der Waals surface area contributed by atoms with E-state index in [1.54, 1.807) is 0 Å². The Morgan fingerprint density at radius 2 is 0.809 bits per heavy atom. The molecule has 0 saturated carbocycles. The van der Waals surface area contributed by atoms with Gasteiger partial charge in [-0.2, -0.15) is 0 Å². The molecule has 5 heterocycles. The molecule has 2 N–H and O–H groups in total. The van der Waals surface area contributed by atoms with Crippen LogP contribution in [0.15, 0.2) is 146 Å². The van der Waals surface area contributed by atoms with Crippen molar-refractivity contribution in [1.29, 1.82) is 0 Å². The van der Waals surface area contributed by atoms with Crippen LogP contribution in [-0.2, 0) is 21.1 Å². The maximum atomic E-state index is 5.45. The van der Waals surface area contributed by atoms with Gasteiger partial charge in [-0.15, -0.1) is 0 Å². The van der Waals surface area contributed by atoms with E-state index >= 15 is 0 Å². The summed E-state index contributed by atoms with van der Waals surface area (Å²) in [7, 11) is 0. The van der Waals surface area contributed by atoms with E-state index in [9.17, 15) is 0 Å². The van der Waals surface area contributed by atoms with Gasteiger partial charge in [-0.1, -0.05) is 127 Å². The molecule has 0 unspecified atom stereocenters. The summed E-state index contributed by atoms with van der Waals surface area (Å²) in [5.41, 5.74) is 14.6. The third kappa shape index (κ3) is 4.26. The van der Waals surface area contributed by atoms with Crippen molar-refractivity contribution < 1.29 is 21.1 Å². The van der Waals surface area contributed by atoms with Gasteiger partial charge in [0.1, 0.15) is 0 Å². The Bertz CT molecular complexity index is 2700. The van der Waals surface area contributed by atoms with Crippen molar-refractivity contribution in [1.82, 2.24) is 19.9 Å². The van der Waals surface area contributed by atoms with Gasteiger partial charge in [0.15, 0.2) is 0 Å². The fraction of sp³-hybridized carbons (Fsp3) is 0. The van der Waals surface area contributed by atoms with Gasteiger partial charge in [-0.3, -0.25) is 0 Å². The Labute approximate surface area is 285 Å². The average molecular weight is 782 g/mol. The molecule has 0 fully saturated rings. The summed E-state index contributed by atoms with van der Waals surface area (Å²) in [5.74, 6) is 0. The monoisotopic (exact) mass is 781 g/mol. The van der Waals surface area contributed by atoms with Crippen molar-refractivity contribution in [2.24, 2.45) is 0 Å². The molecule has 10 rings (SSSR count). The van der Waals surface area contributed by atoms with Gasteiger partial charge >= 0.3 is 0 Å². The molecule has 2 aliphatic rings. The van der Waals surface area contributed by atoms with Crippen LogP contribution in [0.1, 0.15) is 0 Å². The average Bonchev–Trinajstić information content (AvgIpc) is 3.85. The van der Waals surface area contributed by atoms with Gasteiger partial charge in [-0.25, -0.2) is 9.97 Å². The number of hydrogen-bond acceptors (Lipinski definition) is 2. The largest absolute Gasteiger partial charge is 0.354 e. The quantitative estimate of drug-likeness (QED) is 0.174. The number of hydrogen-bond donors (Lipinski definition) is 2. The van der Waals surface area contributed by atoms with Gasteiger partial charge < -0.3 is 9.97 Å². The summed E-state index contributed by atoms with van der Waals surface area (Å²) in [6.07, 6.45) is 0. The Morgan fingerprint density at radius 1 is 0.383 bits per heavy atom. The second-order valence-electron chi connectivity index (χ2n) is 12.0. The molecule has 8 aromatic rings. The molecular weight excluding hydrogens is 756 g/mol. The summed E-state index contributed by atoms with van der Waals surface area (Å²) in [5, 5.41) is 4.61. The number of nitrogens with zero attached hydrogens (tertiary/aromatic N) is 2. The first-order chi connectivity index (χ1) is 22.8. The first-order valence-corrected chi connectivity index (χ1v) is 15.6. The molecule has 3 aromatic heterocycles. The van der Waals surface area contributed by atoms with E-state index in [0.29, 0.717) is 0 Å². The van der Waals surface area contributed by atoms with Gasteiger partial charge in [0.2, 0.25) is 0 Å². The number of aromatic amines is 2. The first-order valence-electron chi connectivity index (χ1n) is 15.6. The van der Waals surface area contributed by atoms with Crippen LogP contribution < -0.4 is 0 Å². The number of benzene rings is 5. The van der Waals surface area contributed by atoms with Crippen molar-refractivity contribution in [3.05, 3.63) is 146 Å². The molecule has 5 heteroatoms. The normalized spacial score (nSPS) is 11.7. The van der Waals surface area contributed by atoms with Crippen LogP contribution in [0.5, 0.6) is 0 Å². The molecule has 0 spiro atoms. The zero-order valence-electron chi connectivity index (χ0n) is 25.1. The Hall–Kier alpha value is -5.57. The van der Waals surface area contributed by atoms with Crippen LogP contribution in [0.3, 0.4) is 0 Å². The second kappa shape index (κ2) is 10.8. The van der Waals surface area contributed by atoms with Gasteiger partial charge in [0.25, 0.3) is 0 Å². The topological polar surface area (TPSA) is 57.4 Å². The number of aromatic nitrogens is 4. The molecule has 0 amide bonds. The standard InChI is InChI=1S/C42H26N4.Pt/c1-2-12-25(13-3-1)40-41-32-20-10-8-18-30(32)38(45-41)23-36-28-16-6-4-14-26(28)34(43-36)22-35-27-15-5-7-17-29(27)37(44-35)24-39-31-19-9-11-21-33(31)42(40)46-39;/h1-24,43,46H;. The van der Waals surface area contributed by atoms with Crippen LogP contribution in [0.2, 0.25) is 0 Å². The van der Waals surface area contributed by atoms with Gasteiger partial charge in [-0.05, 0) is 23.8 Å². The fourth-order valence-corrected chi connectivity index (χ4v) is 7.25. The summed E-state index contributed by atoms with van der Waals surface area (Å²) < 4.78 is 0. The SMILES string of the molecule is [Pt].c1ccc(-c2c3nc(cc4[nH]c(cc5nc(cc6[nH]c2c2ccccc62)-c2ccccc2-5)c2ccccc42)-c2ccccc2-3)cc1. The molecule has 5 aromatic carbocycles.